The molecule has 2 atom stereocenters. The molecule has 3 amide bonds. The maximum absolute atomic E-state index is 12.3. The molecule has 204 valence electrons. The maximum Gasteiger partial charge on any atom is 0.268 e. The summed E-state index contributed by atoms with van der Waals surface area (Å²) in [6.45, 7) is 1.63. The van der Waals surface area contributed by atoms with Crippen molar-refractivity contribution in [1.29, 1.82) is 0 Å². The molecule has 1 aliphatic carbocycles. The van der Waals surface area contributed by atoms with Gasteiger partial charge in [0.2, 0.25) is 5.91 Å². The predicted molar refractivity (Wildman–Crippen MR) is 148 cm³/mol. The Morgan fingerprint density at radius 1 is 0.897 bits per heavy atom. The average Bonchev–Trinajstić information content (AvgIpc) is 3.22. The summed E-state index contributed by atoms with van der Waals surface area (Å²) in [5, 5.41) is 27.0. The molecule has 0 heterocycles. The van der Waals surface area contributed by atoms with Crippen LogP contribution in [0, 0.1) is 23.7 Å². The van der Waals surface area contributed by atoms with Crippen LogP contribution in [0.1, 0.15) is 66.9 Å². The molecule has 39 heavy (non-hydrogen) atoms. The summed E-state index contributed by atoms with van der Waals surface area (Å²) in [6, 6.07) is 12.7. The lowest BCUT2D eigenvalue weighted by Gasteiger charge is -2.19. The molecule has 0 radical (unpaired) electrons. The third-order valence-electron chi connectivity index (χ3n) is 6.36. The lowest BCUT2D eigenvalue weighted by Crippen LogP contribution is -2.51. The average molecular weight is 531 g/mol. The van der Waals surface area contributed by atoms with Crippen LogP contribution in [-0.4, -0.2) is 52.8 Å². The summed E-state index contributed by atoms with van der Waals surface area (Å²) in [5.74, 6) is 9.83. The number of hydrogen-bond donors (Lipinski definition) is 6. The van der Waals surface area contributed by atoms with Gasteiger partial charge in [0.05, 0.1) is 12.6 Å². The van der Waals surface area contributed by atoms with Gasteiger partial charge in [0.1, 0.15) is 6.04 Å². The summed E-state index contributed by atoms with van der Waals surface area (Å²) in [6.07, 6.45) is 6.06. The molecule has 1 aliphatic rings. The fraction of sp³-hybridized carbons (Fsp3) is 0.367. The highest BCUT2D eigenvalue weighted by molar-refractivity contribution is 5.97. The van der Waals surface area contributed by atoms with Crippen molar-refractivity contribution >= 4 is 23.4 Å². The van der Waals surface area contributed by atoms with E-state index in [1.54, 1.807) is 24.3 Å². The topological polar surface area (TPSA) is 140 Å². The number of aliphatic hydroxyl groups excluding tert-OH is 1. The highest BCUT2D eigenvalue weighted by Crippen LogP contribution is 2.17. The highest BCUT2D eigenvalue weighted by atomic mass is 16.5. The number of hydroxylamine groups is 1. The quantitative estimate of drug-likeness (QED) is 0.134. The molecule has 6 N–H and O–H groups in total. The van der Waals surface area contributed by atoms with Crippen LogP contribution >= 0.6 is 0 Å². The van der Waals surface area contributed by atoms with Crippen LogP contribution in [0.3, 0.4) is 0 Å². The molecule has 0 bridgehead atoms. The van der Waals surface area contributed by atoms with Crippen LogP contribution in [0.2, 0.25) is 0 Å². The second-order valence-electron chi connectivity index (χ2n) is 9.44. The predicted octanol–water partition coefficient (Wildman–Crippen LogP) is 2.33. The van der Waals surface area contributed by atoms with Crippen LogP contribution in [0.15, 0.2) is 48.5 Å². The van der Waals surface area contributed by atoms with Crippen molar-refractivity contribution in [3.8, 4) is 23.7 Å². The van der Waals surface area contributed by atoms with Gasteiger partial charge in [-0.15, -0.1) is 0 Å². The van der Waals surface area contributed by atoms with Crippen molar-refractivity contribution in [1.82, 2.24) is 16.1 Å². The van der Waals surface area contributed by atoms with Crippen molar-refractivity contribution in [3.05, 3.63) is 65.2 Å². The van der Waals surface area contributed by atoms with E-state index in [9.17, 15) is 19.5 Å². The fourth-order valence-electron chi connectivity index (χ4n) is 4.17. The first kappa shape index (κ1) is 29.4. The van der Waals surface area contributed by atoms with E-state index >= 15 is 0 Å². The largest absolute Gasteiger partial charge is 0.391 e. The minimum Gasteiger partial charge on any atom is -0.391 e. The van der Waals surface area contributed by atoms with Crippen molar-refractivity contribution in [3.63, 3.8) is 0 Å². The van der Waals surface area contributed by atoms with Gasteiger partial charge in [0, 0.05) is 28.4 Å². The van der Waals surface area contributed by atoms with E-state index in [4.69, 9.17) is 5.21 Å². The molecular formula is C30H34N4O5. The standard InChI is InChI=1S/C30H34N4O5/c1-21(35)28(30(38)34-39)33-29(37)24-16-12-22(13-17-24)8-6-7-9-23-14-18-26(19-15-23)32-27(36)20-31-25-10-4-2-3-5-11-25/h12-19,21,25,28,31,35,39H,2-5,10-11,20H2,1H3,(H,32,36)(H,33,37)(H,34,38). The molecule has 1 saturated carbocycles. The van der Waals surface area contributed by atoms with Gasteiger partial charge >= 0.3 is 0 Å². The zero-order valence-electron chi connectivity index (χ0n) is 21.9. The third-order valence-corrected chi connectivity index (χ3v) is 6.36. The van der Waals surface area contributed by atoms with E-state index in [-0.39, 0.29) is 11.5 Å². The van der Waals surface area contributed by atoms with E-state index in [1.165, 1.54) is 50.2 Å². The first-order chi connectivity index (χ1) is 18.9. The van der Waals surface area contributed by atoms with Crippen LogP contribution in [0.5, 0.6) is 0 Å². The van der Waals surface area contributed by atoms with Crippen molar-refractivity contribution in [2.24, 2.45) is 0 Å². The van der Waals surface area contributed by atoms with Gasteiger partial charge in [0.15, 0.2) is 0 Å². The first-order valence-corrected chi connectivity index (χ1v) is 13.0. The van der Waals surface area contributed by atoms with Gasteiger partial charge in [-0.1, -0.05) is 37.5 Å². The van der Waals surface area contributed by atoms with E-state index < -0.39 is 24.0 Å². The number of hydrogen-bond acceptors (Lipinski definition) is 6. The zero-order valence-corrected chi connectivity index (χ0v) is 21.9. The molecule has 3 rings (SSSR count). The van der Waals surface area contributed by atoms with Gasteiger partial charge in [-0.3, -0.25) is 19.6 Å². The minimum atomic E-state index is -1.30. The molecule has 2 aromatic rings. The molecule has 0 aliphatic heterocycles. The number of carbonyl (C=O) groups excluding carboxylic acids is 3. The molecule has 0 aromatic heterocycles. The fourth-order valence-corrected chi connectivity index (χ4v) is 4.17. The third kappa shape index (κ3) is 9.91. The number of amides is 3. The van der Waals surface area contributed by atoms with Gasteiger partial charge in [-0.25, -0.2) is 5.48 Å². The Morgan fingerprint density at radius 3 is 2.00 bits per heavy atom. The van der Waals surface area contributed by atoms with Crippen LogP contribution in [0.25, 0.3) is 0 Å². The van der Waals surface area contributed by atoms with Gasteiger partial charge in [0.25, 0.3) is 11.8 Å². The highest BCUT2D eigenvalue weighted by Gasteiger charge is 2.25. The maximum atomic E-state index is 12.3. The minimum absolute atomic E-state index is 0.0640. The monoisotopic (exact) mass is 530 g/mol. The Hall–Kier alpha value is -4.15. The number of benzene rings is 2. The molecule has 2 unspecified atom stereocenters. The van der Waals surface area contributed by atoms with E-state index in [0.717, 1.165) is 18.4 Å². The molecule has 9 nitrogen and oxygen atoms in total. The Labute approximate surface area is 228 Å². The summed E-state index contributed by atoms with van der Waals surface area (Å²) in [7, 11) is 0. The van der Waals surface area contributed by atoms with Gasteiger partial charge in [-0.2, -0.15) is 0 Å². The summed E-state index contributed by atoms with van der Waals surface area (Å²) < 4.78 is 0. The molecule has 9 heteroatoms. The number of rotatable bonds is 8. The number of carbonyl (C=O) groups is 3. The number of aliphatic hydroxyl groups is 1. The molecule has 1 fully saturated rings. The van der Waals surface area contributed by atoms with Crippen LogP contribution < -0.4 is 21.4 Å². The van der Waals surface area contributed by atoms with E-state index in [1.807, 2.05) is 12.1 Å². The van der Waals surface area contributed by atoms with Crippen molar-refractivity contribution in [2.45, 2.75) is 63.6 Å². The smallest absolute Gasteiger partial charge is 0.268 e. The van der Waals surface area contributed by atoms with Crippen molar-refractivity contribution in [2.75, 3.05) is 11.9 Å². The van der Waals surface area contributed by atoms with E-state index in [2.05, 4.69) is 39.6 Å². The molecular weight excluding hydrogens is 496 g/mol. The van der Waals surface area contributed by atoms with Gasteiger partial charge in [-0.05, 0) is 80.1 Å². The Balaban J connectivity index is 1.48. The SMILES string of the molecule is CC(O)C(NC(=O)c1ccc(C#CC#Cc2ccc(NC(=O)CNC3CCCCCC3)cc2)cc1)C(=O)NO. The second kappa shape index (κ2) is 15.3. The molecule has 2 aromatic carbocycles. The van der Waals surface area contributed by atoms with E-state index in [0.29, 0.717) is 23.8 Å². The summed E-state index contributed by atoms with van der Waals surface area (Å²) in [5.41, 5.74) is 3.77. The summed E-state index contributed by atoms with van der Waals surface area (Å²) in [4.78, 5) is 36.2. The number of nitrogens with one attached hydrogen (secondary N) is 4. The normalized spacial score (nSPS) is 14.7. The Morgan fingerprint density at radius 2 is 1.46 bits per heavy atom. The summed E-state index contributed by atoms with van der Waals surface area (Å²) >= 11 is 0. The molecule has 0 saturated heterocycles. The zero-order chi connectivity index (χ0) is 28.0. The van der Waals surface area contributed by atoms with Gasteiger partial charge < -0.3 is 21.1 Å². The van der Waals surface area contributed by atoms with Crippen LogP contribution in [-0.2, 0) is 9.59 Å². The first-order valence-electron chi connectivity index (χ1n) is 13.0. The van der Waals surface area contributed by atoms with Crippen molar-refractivity contribution < 1.29 is 24.7 Å². The van der Waals surface area contributed by atoms with Crippen LogP contribution in [0.4, 0.5) is 5.69 Å². The number of anilines is 1. The lowest BCUT2D eigenvalue weighted by atomic mass is 10.1. The second-order valence-corrected chi connectivity index (χ2v) is 9.44. The Kier molecular flexibility index (Phi) is 11.5. The lowest BCUT2D eigenvalue weighted by molar-refractivity contribution is -0.133. The molecule has 0 spiro atoms. The Bertz CT molecular complexity index is 1240.